The monoisotopic (exact) mass is 340 g/mol. The summed E-state index contributed by atoms with van der Waals surface area (Å²) < 4.78 is 0. The van der Waals surface area contributed by atoms with E-state index in [9.17, 15) is 9.90 Å². The number of amides is 1. The molecule has 2 N–H and O–H groups in total. The van der Waals surface area contributed by atoms with Crippen LogP contribution in [0.2, 0.25) is 0 Å². The van der Waals surface area contributed by atoms with Crippen LogP contribution in [0.4, 0.5) is 0 Å². The molecule has 0 rings (SSSR count). The summed E-state index contributed by atoms with van der Waals surface area (Å²) in [7, 11) is 0. The molecule has 0 aliphatic carbocycles. The number of hydrogen-bond donors (Lipinski definition) is 2. The van der Waals surface area contributed by atoms with Crippen molar-refractivity contribution in [1.82, 2.24) is 10.2 Å². The number of allylic oxidation sites excluding steroid dienone is 2. The lowest BCUT2D eigenvalue weighted by molar-refractivity contribution is -0.121. The van der Waals surface area contributed by atoms with Gasteiger partial charge in [0.15, 0.2) is 0 Å². The quantitative estimate of drug-likeness (QED) is 0.312. The second-order valence-corrected chi connectivity index (χ2v) is 6.50. The maximum atomic E-state index is 11.8. The van der Waals surface area contributed by atoms with Crippen molar-refractivity contribution in [3.63, 3.8) is 0 Å². The molecular formula is C20H40N2O2. The Bertz CT molecular complexity index is 306. The highest BCUT2D eigenvalue weighted by Crippen LogP contribution is 2.06. The van der Waals surface area contributed by atoms with Gasteiger partial charge in [0.2, 0.25) is 5.91 Å². The number of unbranched alkanes of at least 4 members (excludes halogenated alkanes) is 7. The number of carbonyl (C=O) groups excluding carboxylic acids is 1. The van der Waals surface area contributed by atoms with Crippen LogP contribution in [-0.4, -0.2) is 48.7 Å². The van der Waals surface area contributed by atoms with E-state index in [0.717, 1.165) is 32.4 Å². The molecule has 0 aliphatic rings. The summed E-state index contributed by atoms with van der Waals surface area (Å²) >= 11 is 0. The number of aliphatic hydroxyl groups excluding tert-OH is 1. The topological polar surface area (TPSA) is 52.6 Å². The van der Waals surface area contributed by atoms with Crippen molar-refractivity contribution in [3.05, 3.63) is 12.2 Å². The fourth-order valence-corrected chi connectivity index (χ4v) is 2.75. The molecule has 0 fully saturated rings. The third kappa shape index (κ3) is 16.0. The van der Waals surface area contributed by atoms with Crippen LogP contribution in [0.5, 0.6) is 0 Å². The predicted molar refractivity (Wildman–Crippen MR) is 103 cm³/mol. The summed E-state index contributed by atoms with van der Waals surface area (Å²) in [6, 6.07) is 0. The van der Waals surface area contributed by atoms with E-state index in [4.69, 9.17) is 0 Å². The predicted octanol–water partition coefficient (Wildman–Crippen LogP) is 3.89. The summed E-state index contributed by atoms with van der Waals surface area (Å²) in [5.41, 5.74) is 0. The Labute approximate surface area is 149 Å². The molecule has 1 amide bonds. The highest BCUT2D eigenvalue weighted by Gasteiger charge is 2.05. The molecule has 4 heteroatoms. The summed E-state index contributed by atoms with van der Waals surface area (Å²) in [5.74, 6) is 0.152. The van der Waals surface area contributed by atoms with Crippen LogP contribution in [0.25, 0.3) is 0 Å². The molecule has 0 unspecified atom stereocenters. The van der Waals surface area contributed by atoms with Gasteiger partial charge in [0.05, 0.1) is 6.61 Å². The van der Waals surface area contributed by atoms with Crippen molar-refractivity contribution in [2.45, 2.75) is 78.1 Å². The third-order valence-corrected chi connectivity index (χ3v) is 4.25. The van der Waals surface area contributed by atoms with Gasteiger partial charge >= 0.3 is 0 Å². The van der Waals surface area contributed by atoms with Crippen molar-refractivity contribution < 1.29 is 9.90 Å². The van der Waals surface area contributed by atoms with Crippen LogP contribution in [0.15, 0.2) is 12.2 Å². The van der Waals surface area contributed by atoms with Crippen LogP contribution in [0.1, 0.15) is 78.1 Å². The molecule has 0 bridgehead atoms. The Morgan fingerprint density at radius 1 is 1.00 bits per heavy atom. The minimum Gasteiger partial charge on any atom is -0.395 e. The van der Waals surface area contributed by atoms with Gasteiger partial charge < -0.3 is 10.4 Å². The van der Waals surface area contributed by atoms with E-state index in [1.54, 1.807) is 0 Å². The molecular weight excluding hydrogens is 300 g/mol. The first-order valence-electron chi connectivity index (χ1n) is 9.95. The number of aliphatic hydroxyl groups is 1. The van der Waals surface area contributed by atoms with E-state index in [-0.39, 0.29) is 12.5 Å². The zero-order chi connectivity index (χ0) is 17.9. The van der Waals surface area contributed by atoms with Crippen molar-refractivity contribution in [3.8, 4) is 0 Å². The molecule has 4 nitrogen and oxygen atoms in total. The molecule has 0 aromatic rings. The van der Waals surface area contributed by atoms with Gasteiger partial charge in [-0.1, -0.05) is 51.2 Å². The fourth-order valence-electron chi connectivity index (χ4n) is 2.75. The second kappa shape index (κ2) is 18.5. The van der Waals surface area contributed by atoms with Gasteiger partial charge in [0, 0.05) is 26.1 Å². The normalized spacial score (nSPS) is 11.5. The summed E-state index contributed by atoms with van der Waals surface area (Å²) in [5, 5.41) is 12.2. The SMILES string of the molecule is C/C=C/CCCCC(=O)NCCN(CCO)CCCCCCCC. The average molecular weight is 341 g/mol. The number of hydrogen-bond acceptors (Lipinski definition) is 3. The summed E-state index contributed by atoms with van der Waals surface area (Å²) in [4.78, 5) is 14.0. The maximum absolute atomic E-state index is 11.8. The Morgan fingerprint density at radius 2 is 1.75 bits per heavy atom. The Balaban J connectivity index is 3.66. The van der Waals surface area contributed by atoms with Crippen LogP contribution in [-0.2, 0) is 4.79 Å². The van der Waals surface area contributed by atoms with Gasteiger partial charge in [-0.3, -0.25) is 9.69 Å². The highest BCUT2D eigenvalue weighted by molar-refractivity contribution is 5.75. The van der Waals surface area contributed by atoms with Crippen LogP contribution in [0, 0.1) is 0 Å². The van der Waals surface area contributed by atoms with E-state index >= 15 is 0 Å². The molecule has 0 aromatic heterocycles. The molecule has 0 aromatic carbocycles. The fraction of sp³-hybridized carbons (Fsp3) is 0.850. The van der Waals surface area contributed by atoms with E-state index in [1.165, 1.54) is 38.5 Å². The van der Waals surface area contributed by atoms with Gasteiger partial charge in [-0.05, 0) is 39.2 Å². The van der Waals surface area contributed by atoms with Crippen molar-refractivity contribution in [2.24, 2.45) is 0 Å². The molecule has 24 heavy (non-hydrogen) atoms. The lowest BCUT2D eigenvalue weighted by Gasteiger charge is -2.21. The first kappa shape index (κ1) is 23.1. The van der Waals surface area contributed by atoms with Crippen LogP contribution in [0.3, 0.4) is 0 Å². The van der Waals surface area contributed by atoms with E-state index in [2.05, 4.69) is 29.3 Å². The molecule has 0 atom stereocenters. The first-order valence-corrected chi connectivity index (χ1v) is 9.95. The average Bonchev–Trinajstić information content (AvgIpc) is 2.57. The van der Waals surface area contributed by atoms with Gasteiger partial charge in [-0.2, -0.15) is 0 Å². The molecule has 0 heterocycles. The molecule has 0 spiro atoms. The first-order chi connectivity index (χ1) is 11.7. The molecule has 0 radical (unpaired) electrons. The standard InChI is InChI=1S/C20H40N2O2/c1-3-5-7-9-11-13-16-22(18-19-23)17-15-21-20(24)14-12-10-8-6-4-2/h4,6,23H,3,5,7-19H2,1-2H3,(H,21,24)/b6-4+. The number of carbonyl (C=O) groups is 1. The van der Waals surface area contributed by atoms with Gasteiger partial charge in [-0.15, -0.1) is 0 Å². The van der Waals surface area contributed by atoms with E-state index < -0.39 is 0 Å². The van der Waals surface area contributed by atoms with Crippen molar-refractivity contribution >= 4 is 5.91 Å². The molecule has 0 saturated heterocycles. The maximum Gasteiger partial charge on any atom is 0.220 e. The lowest BCUT2D eigenvalue weighted by Crippen LogP contribution is -2.36. The lowest BCUT2D eigenvalue weighted by atomic mass is 10.1. The molecule has 0 aliphatic heterocycles. The minimum absolute atomic E-state index is 0.152. The van der Waals surface area contributed by atoms with E-state index in [0.29, 0.717) is 19.5 Å². The zero-order valence-corrected chi connectivity index (χ0v) is 16.1. The largest absolute Gasteiger partial charge is 0.395 e. The molecule has 142 valence electrons. The van der Waals surface area contributed by atoms with Gasteiger partial charge in [0.1, 0.15) is 0 Å². The van der Waals surface area contributed by atoms with Gasteiger partial charge in [0.25, 0.3) is 0 Å². The Kier molecular flexibility index (Phi) is 17.8. The van der Waals surface area contributed by atoms with E-state index in [1.807, 2.05) is 6.92 Å². The van der Waals surface area contributed by atoms with Crippen LogP contribution >= 0.6 is 0 Å². The summed E-state index contributed by atoms with van der Waals surface area (Å²) in [6.07, 6.45) is 15.6. The number of rotatable bonds is 17. The van der Waals surface area contributed by atoms with Gasteiger partial charge in [-0.25, -0.2) is 0 Å². The summed E-state index contributed by atoms with van der Waals surface area (Å²) in [6.45, 7) is 7.69. The van der Waals surface area contributed by atoms with Crippen molar-refractivity contribution in [2.75, 3.05) is 32.8 Å². The van der Waals surface area contributed by atoms with Crippen molar-refractivity contribution in [1.29, 1.82) is 0 Å². The highest BCUT2D eigenvalue weighted by atomic mass is 16.3. The third-order valence-electron chi connectivity index (χ3n) is 4.25. The second-order valence-electron chi connectivity index (χ2n) is 6.50. The number of nitrogens with one attached hydrogen (secondary N) is 1. The molecule has 0 saturated carbocycles. The Hall–Kier alpha value is -0.870. The van der Waals surface area contributed by atoms with Crippen LogP contribution < -0.4 is 5.32 Å². The number of nitrogens with zero attached hydrogens (tertiary/aromatic N) is 1. The Morgan fingerprint density at radius 3 is 2.46 bits per heavy atom. The minimum atomic E-state index is 0.152. The smallest absolute Gasteiger partial charge is 0.220 e. The zero-order valence-electron chi connectivity index (χ0n) is 16.1.